The van der Waals surface area contributed by atoms with Gasteiger partial charge in [0.05, 0.1) is 9.77 Å². The third kappa shape index (κ3) is 3.85. The Morgan fingerprint density at radius 1 is 1.21 bits per heavy atom. The van der Waals surface area contributed by atoms with Crippen molar-refractivity contribution in [2.75, 3.05) is 13.1 Å². The average Bonchev–Trinajstić information content (AvgIpc) is 3.63. The molecule has 156 valence electrons. The average molecular weight is 437 g/mol. The third-order valence-electron chi connectivity index (χ3n) is 5.83. The van der Waals surface area contributed by atoms with Crippen LogP contribution >= 0.6 is 11.3 Å². The maximum atomic E-state index is 13.2. The largest absolute Gasteiger partial charge is 0.353 e. The predicted molar refractivity (Wildman–Crippen MR) is 107 cm³/mol. The lowest BCUT2D eigenvalue weighted by Crippen LogP contribution is -2.43. The zero-order valence-corrected chi connectivity index (χ0v) is 17.9. The minimum Gasteiger partial charge on any atom is -0.353 e. The summed E-state index contributed by atoms with van der Waals surface area (Å²) >= 11 is 1.37. The van der Waals surface area contributed by atoms with E-state index in [1.165, 1.54) is 15.6 Å². The first-order valence-corrected chi connectivity index (χ1v) is 12.4. The molecule has 2 aliphatic carbocycles. The highest BCUT2D eigenvalue weighted by molar-refractivity contribution is 7.89. The standard InChI is InChI=1S/C19H24N4O4S2/c1-11-16(10-15(28-11)17-21-19(27-22-17)13-2-3-13)29(25,26)23-8-6-12(7-9-23)18(24)20-14-4-5-14/h10,12-14H,2-9H2,1H3,(H,20,24). The van der Waals surface area contributed by atoms with E-state index in [-0.39, 0.29) is 11.8 Å². The van der Waals surface area contributed by atoms with E-state index in [0.717, 1.165) is 25.7 Å². The van der Waals surface area contributed by atoms with Crippen LogP contribution in [0.15, 0.2) is 15.5 Å². The number of sulfonamides is 1. The number of rotatable bonds is 6. The van der Waals surface area contributed by atoms with E-state index < -0.39 is 10.0 Å². The molecule has 3 aliphatic rings. The van der Waals surface area contributed by atoms with Gasteiger partial charge in [-0.2, -0.15) is 9.29 Å². The van der Waals surface area contributed by atoms with Crippen LogP contribution in [0.4, 0.5) is 0 Å². The molecule has 0 unspecified atom stereocenters. The van der Waals surface area contributed by atoms with Gasteiger partial charge in [-0.15, -0.1) is 11.3 Å². The van der Waals surface area contributed by atoms with Crippen molar-refractivity contribution >= 4 is 27.3 Å². The monoisotopic (exact) mass is 436 g/mol. The Hall–Kier alpha value is -1.78. The van der Waals surface area contributed by atoms with Gasteiger partial charge in [0, 0.05) is 35.8 Å². The number of aromatic nitrogens is 2. The van der Waals surface area contributed by atoms with Crippen molar-refractivity contribution in [1.82, 2.24) is 19.8 Å². The fraction of sp³-hybridized carbons (Fsp3) is 0.632. The molecule has 10 heteroatoms. The van der Waals surface area contributed by atoms with Gasteiger partial charge in [-0.1, -0.05) is 5.16 Å². The molecule has 0 aromatic carbocycles. The first-order chi connectivity index (χ1) is 13.9. The third-order valence-corrected chi connectivity index (χ3v) is 9.03. The van der Waals surface area contributed by atoms with Crippen molar-refractivity contribution < 1.29 is 17.7 Å². The number of carbonyl (C=O) groups excluding carboxylic acids is 1. The second kappa shape index (κ2) is 7.17. The molecule has 1 aliphatic heterocycles. The molecule has 3 heterocycles. The zero-order valence-electron chi connectivity index (χ0n) is 16.3. The molecular weight excluding hydrogens is 412 g/mol. The van der Waals surface area contributed by atoms with Crippen LogP contribution in [-0.4, -0.2) is 47.9 Å². The van der Waals surface area contributed by atoms with E-state index in [0.29, 0.717) is 64.3 Å². The lowest BCUT2D eigenvalue weighted by Gasteiger charge is -2.30. The molecule has 2 saturated carbocycles. The Morgan fingerprint density at radius 3 is 2.59 bits per heavy atom. The van der Waals surface area contributed by atoms with Crippen LogP contribution in [0.1, 0.15) is 55.2 Å². The predicted octanol–water partition coefficient (Wildman–Crippen LogP) is 2.66. The van der Waals surface area contributed by atoms with E-state index in [9.17, 15) is 13.2 Å². The van der Waals surface area contributed by atoms with Crippen molar-refractivity contribution in [3.8, 4) is 10.7 Å². The summed E-state index contributed by atoms with van der Waals surface area (Å²) in [5.74, 6) is 1.43. The van der Waals surface area contributed by atoms with Gasteiger partial charge >= 0.3 is 0 Å². The fourth-order valence-corrected chi connectivity index (χ4v) is 6.66. The molecule has 8 nitrogen and oxygen atoms in total. The summed E-state index contributed by atoms with van der Waals surface area (Å²) in [5.41, 5.74) is 0. The summed E-state index contributed by atoms with van der Waals surface area (Å²) in [5, 5.41) is 7.05. The van der Waals surface area contributed by atoms with Gasteiger partial charge in [0.25, 0.3) is 0 Å². The van der Waals surface area contributed by atoms with Crippen LogP contribution in [0, 0.1) is 12.8 Å². The van der Waals surface area contributed by atoms with Crippen molar-refractivity contribution in [2.24, 2.45) is 5.92 Å². The molecule has 1 N–H and O–H groups in total. The van der Waals surface area contributed by atoms with E-state index in [1.807, 2.05) is 0 Å². The van der Waals surface area contributed by atoms with Crippen LogP contribution < -0.4 is 5.32 Å². The number of hydrogen-bond acceptors (Lipinski definition) is 7. The lowest BCUT2D eigenvalue weighted by molar-refractivity contribution is -0.126. The van der Waals surface area contributed by atoms with Crippen molar-refractivity contribution in [3.63, 3.8) is 0 Å². The number of piperidine rings is 1. The summed E-state index contributed by atoms with van der Waals surface area (Å²) in [4.78, 5) is 18.4. The fourth-order valence-electron chi connectivity index (χ4n) is 3.71. The van der Waals surface area contributed by atoms with Gasteiger partial charge in [0.15, 0.2) is 0 Å². The molecule has 1 saturated heterocycles. The Labute approximate surface area is 173 Å². The van der Waals surface area contributed by atoms with Gasteiger partial charge in [0.1, 0.15) is 0 Å². The smallest absolute Gasteiger partial charge is 0.244 e. The van der Waals surface area contributed by atoms with Crippen LogP contribution in [0.2, 0.25) is 0 Å². The summed E-state index contributed by atoms with van der Waals surface area (Å²) < 4.78 is 33.2. The molecule has 0 bridgehead atoms. The van der Waals surface area contributed by atoms with Crippen molar-refractivity contribution in [1.29, 1.82) is 0 Å². The van der Waals surface area contributed by atoms with Gasteiger partial charge < -0.3 is 9.84 Å². The Morgan fingerprint density at radius 2 is 1.93 bits per heavy atom. The molecule has 2 aromatic rings. The van der Waals surface area contributed by atoms with Crippen LogP contribution in [0.5, 0.6) is 0 Å². The number of aryl methyl sites for hydroxylation is 1. The highest BCUT2D eigenvalue weighted by atomic mass is 32.2. The SMILES string of the molecule is Cc1sc(-c2noc(C3CC3)n2)cc1S(=O)(=O)N1CCC(C(=O)NC2CC2)CC1. The molecule has 2 aromatic heterocycles. The van der Waals surface area contributed by atoms with Crippen LogP contribution in [-0.2, 0) is 14.8 Å². The molecule has 29 heavy (non-hydrogen) atoms. The first-order valence-electron chi connectivity index (χ1n) is 10.2. The summed E-state index contributed by atoms with van der Waals surface area (Å²) in [7, 11) is -3.61. The van der Waals surface area contributed by atoms with Crippen molar-refractivity contribution in [3.05, 3.63) is 16.8 Å². The molecule has 5 rings (SSSR count). The lowest BCUT2D eigenvalue weighted by atomic mass is 9.97. The van der Waals surface area contributed by atoms with Crippen molar-refractivity contribution in [2.45, 2.75) is 62.3 Å². The quantitative estimate of drug-likeness (QED) is 0.746. The van der Waals surface area contributed by atoms with Gasteiger partial charge in [-0.3, -0.25) is 4.79 Å². The Kier molecular flexibility index (Phi) is 4.75. The maximum Gasteiger partial charge on any atom is 0.244 e. The van der Waals surface area contributed by atoms with E-state index in [4.69, 9.17) is 4.52 Å². The molecule has 0 spiro atoms. The molecule has 1 amide bonds. The minimum absolute atomic E-state index is 0.0714. The molecule has 0 atom stereocenters. The minimum atomic E-state index is -3.61. The summed E-state index contributed by atoms with van der Waals surface area (Å²) in [6, 6.07) is 1.99. The number of amides is 1. The number of nitrogens with zero attached hydrogens (tertiary/aromatic N) is 3. The molecule has 0 radical (unpaired) electrons. The number of hydrogen-bond donors (Lipinski definition) is 1. The van der Waals surface area contributed by atoms with Gasteiger partial charge in [-0.25, -0.2) is 8.42 Å². The van der Waals surface area contributed by atoms with Gasteiger partial charge in [-0.05, 0) is 51.5 Å². The zero-order chi connectivity index (χ0) is 20.2. The highest BCUT2D eigenvalue weighted by Gasteiger charge is 2.36. The Balaban J connectivity index is 1.29. The van der Waals surface area contributed by atoms with E-state index in [2.05, 4.69) is 15.5 Å². The number of nitrogens with one attached hydrogen (secondary N) is 1. The maximum absolute atomic E-state index is 13.2. The summed E-state index contributed by atoms with van der Waals surface area (Å²) in [6.07, 6.45) is 5.37. The second-order valence-electron chi connectivity index (χ2n) is 8.22. The molecular formula is C19H24N4O4S2. The van der Waals surface area contributed by atoms with E-state index in [1.54, 1.807) is 13.0 Å². The number of thiophene rings is 1. The van der Waals surface area contributed by atoms with Crippen LogP contribution in [0.25, 0.3) is 10.7 Å². The molecule has 3 fully saturated rings. The van der Waals surface area contributed by atoms with Crippen LogP contribution in [0.3, 0.4) is 0 Å². The van der Waals surface area contributed by atoms with E-state index >= 15 is 0 Å². The summed E-state index contributed by atoms with van der Waals surface area (Å²) in [6.45, 7) is 2.53. The highest BCUT2D eigenvalue weighted by Crippen LogP contribution is 2.41. The number of carbonyl (C=O) groups is 1. The Bertz CT molecular complexity index is 1030. The topological polar surface area (TPSA) is 105 Å². The normalized spacial score (nSPS) is 21.4. The second-order valence-corrected chi connectivity index (χ2v) is 11.4. The van der Waals surface area contributed by atoms with Gasteiger partial charge in [0.2, 0.25) is 27.6 Å². The first kappa shape index (κ1) is 19.2.